The van der Waals surface area contributed by atoms with Crippen molar-refractivity contribution in [1.29, 1.82) is 5.26 Å². The van der Waals surface area contributed by atoms with Gasteiger partial charge in [-0.05, 0) is 35.9 Å². The zero-order chi connectivity index (χ0) is 24.7. The third kappa shape index (κ3) is 3.84. The van der Waals surface area contributed by atoms with E-state index in [0.29, 0.717) is 35.9 Å². The summed E-state index contributed by atoms with van der Waals surface area (Å²) in [4.78, 5) is 21.3. The predicted octanol–water partition coefficient (Wildman–Crippen LogP) is 4.26. The number of hydrogen-bond donors (Lipinski definition) is 0. The number of halogens is 3. The van der Waals surface area contributed by atoms with Gasteiger partial charge < -0.3 is 14.2 Å². The van der Waals surface area contributed by atoms with Crippen LogP contribution in [-0.2, 0) is 15.7 Å². The van der Waals surface area contributed by atoms with Gasteiger partial charge in [0.15, 0.2) is 0 Å². The number of methoxy groups -OCH3 is 1. The van der Waals surface area contributed by atoms with Crippen molar-refractivity contribution < 1.29 is 22.7 Å². The van der Waals surface area contributed by atoms with Crippen LogP contribution in [0.4, 0.5) is 24.8 Å². The molecule has 0 fully saturated rings. The fourth-order valence-corrected chi connectivity index (χ4v) is 4.58. The summed E-state index contributed by atoms with van der Waals surface area (Å²) in [6.07, 6.45) is -1.25. The van der Waals surface area contributed by atoms with E-state index in [-0.39, 0.29) is 18.1 Å². The third-order valence-electron chi connectivity index (χ3n) is 6.19. The Balaban J connectivity index is 1.69. The number of hydrogen-bond acceptors (Lipinski definition) is 5. The quantitative estimate of drug-likeness (QED) is 0.547. The minimum Gasteiger partial charge on any atom is -0.383 e. The number of alkyl halides is 3. The number of carbonyl (C=O) groups is 1. The first kappa shape index (κ1) is 22.7. The number of rotatable bonds is 5. The number of aromatic nitrogens is 2. The molecule has 1 amide bonds. The Morgan fingerprint density at radius 2 is 1.97 bits per heavy atom. The van der Waals surface area contributed by atoms with Crippen LogP contribution in [0, 0.1) is 11.3 Å². The van der Waals surface area contributed by atoms with Crippen LogP contribution in [0.2, 0.25) is 0 Å². The number of ether oxygens (including phenoxy) is 1. The van der Waals surface area contributed by atoms with Crippen molar-refractivity contribution in [2.45, 2.75) is 12.2 Å². The van der Waals surface area contributed by atoms with Crippen LogP contribution in [0.25, 0.3) is 0 Å². The molecule has 1 aromatic heterocycles. The van der Waals surface area contributed by atoms with Gasteiger partial charge in [0.2, 0.25) is 5.95 Å². The molecule has 2 aliphatic heterocycles. The number of anilines is 2. The van der Waals surface area contributed by atoms with E-state index in [0.717, 1.165) is 17.7 Å². The van der Waals surface area contributed by atoms with Crippen molar-refractivity contribution in [2.75, 3.05) is 31.7 Å². The summed E-state index contributed by atoms with van der Waals surface area (Å²) in [5.41, 5.74) is 1.74. The zero-order valence-electron chi connectivity index (χ0n) is 18.7. The molecule has 7 nitrogen and oxygen atoms in total. The molecular weight excluding hydrogens is 459 g/mol. The second-order valence-electron chi connectivity index (χ2n) is 8.23. The highest BCUT2D eigenvalue weighted by Gasteiger charge is 2.44. The van der Waals surface area contributed by atoms with E-state index in [2.05, 4.69) is 11.1 Å². The van der Waals surface area contributed by atoms with Gasteiger partial charge in [-0.15, -0.1) is 0 Å². The maximum Gasteiger partial charge on any atom is 0.416 e. The van der Waals surface area contributed by atoms with Gasteiger partial charge in [-0.1, -0.05) is 18.2 Å². The van der Waals surface area contributed by atoms with E-state index in [9.17, 15) is 23.2 Å². The van der Waals surface area contributed by atoms with E-state index < -0.39 is 17.8 Å². The Labute approximate surface area is 199 Å². The Hall–Kier alpha value is -4.10. The molecule has 0 saturated heterocycles. The van der Waals surface area contributed by atoms with Gasteiger partial charge in [0.1, 0.15) is 0 Å². The zero-order valence-corrected chi connectivity index (χ0v) is 18.7. The maximum atomic E-state index is 13.6. The van der Waals surface area contributed by atoms with E-state index >= 15 is 0 Å². The molecule has 0 spiro atoms. The van der Waals surface area contributed by atoms with Gasteiger partial charge in [0.25, 0.3) is 5.91 Å². The first-order chi connectivity index (χ1) is 16.8. The summed E-state index contributed by atoms with van der Waals surface area (Å²) in [7, 11) is 1.54. The molecule has 2 aliphatic rings. The number of amides is 1. The summed E-state index contributed by atoms with van der Waals surface area (Å²) in [5, 5.41) is 9.18. The fourth-order valence-electron chi connectivity index (χ4n) is 4.58. The Morgan fingerprint density at radius 1 is 1.20 bits per heavy atom. The first-order valence-corrected chi connectivity index (χ1v) is 10.8. The van der Waals surface area contributed by atoms with E-state index in [1.165, 1.54) is 13.2 Å². The van der Waals surface area contributed by atoms with Crippen LogP contribution >= 0.6 is 0 Å². The van der Waals surface area contributed by atoms with Gasteiger partial charge in [0.05, 0.1) is 47.7 Å². The van der Waals surface area contributed by atoms with Gasteiger partial charge in [0, 0.05) is 31.7 Å². The highest BCUT2D eigenvalue weighted by atomic mass is 19.4. The van der Waals surface area contributed by atoms with E-state index in [4.69, 9.17) is 4.74 Å². The minimum absolute atomic E-state index is 0.202. The molecule has 10 heteroatoms. The molecule has 35 heavy (non-hydrogen) atoms. The van der Waals surface area contributed by atoms with Crippen molar-refractivity contribution in [3.8, 4) is 6.07 Å². The van der Waals surface area contributed by atoms with Crippen LogP contribution in [0.1, 0.15) is 22.7 Å². The largest absolute Gasteiger partial charge is 0.416 e. The molecule has 3 heterocycles. The molecule has 0 bridgehead atoms. The summed E-state index contributed by atoms with van der Waals surface area (Å²) in [5.74, 6) is 0.182. The topological polar surface area (TPSA) is 74.4 Å². The van der Waals surface area contributed by atoms with Crippen LogP contribution in [0.15, 0.2) is 72.2 Å². The summed E-state index contributed by atoms with van der Waals surface area (Å²) in [6, 6.07) is 13.4. The standard InChI is InChI=1S/C25H20F3N5O2/c1-35-12-11-31-15-20-21(23(31)34)22(17-7-5-16(14-29)6-8-17)32-10-9-30-24(32)33(20)19-4-2-3-18(13-19)25(26,27)28/h2-10,13,22H,11-12,15H2,1H3. The average molecular weight is 479 g/mol. The van der Waals surface area contributed by atoms with Gasteiger partial charge in [-0.25, -0.2) is 4.98 Å². The molecule has 178 valence electrons. The first-order valence-electron chi connectivity index (χ1n) is 10.8. The molecule has 2 aromatic carbocycles. The number of benzene rings is 2. The fraction of sp³-hybridized carbons (Fsp3) is 0.240. The molecule has 0 N–H and O–H groups in total. The second-order valence-corrected chi connectivity index (χ2v) is 8.23. The highest BCUT2D eigenvalue weighted by Crippen LogP contribution is 2.46. The molecule has 1 unspecified atom stereocenters. The summed E-state index contributed by atoms with van der Waals surface area (Å²) in [6.45, 7) is 0.858. The molecule has 0 radical (unpaired) electrons. The van der Waals surface area contributed by atoms with Crippen LogP contribution in [-0.4, -0.2) is 47.2 Å². The van der Waals surface area contributed by atoms with Crippen molar-refractivity contribution >= 4 is 17.5 Å². The van der Waals surface area contributed by atoms with E-state index in [1.807, 2.05) is 0 Å². The maximum absolute atomic E-state index is 13.6. The average Bonchev–Trinajstić information content (AvgIpc) is 3.46. The molecule has 0 aliphatic carbocycles. The Bertz CT molecular complexity index is 1350. The highest BCUT2D eigenvalue weighted by molar-refractivity contribution is 6.01. The Morgan fingerprint density at radius 3 is 2.66 bits per heavy atom. The second kappa shape index (κ2) is 8.60. The van der Waals surface area contributed by atoms with Crippen LogP contribution < -0.4 is 4.90 Å². The molecular formula is C25H20F3N5O2. The monoisotopic (exact) mass is 479 g/mol. The number of imidazole rings is 1. The lowest BCUT2D eigenvalue weighted by atomic mass is 9.94. The predicted molar refractivity (Wildman–Crippen MR) is 121 cm³/mol. The summed E-state index contributed by atoms with van der Waals surface area (Å²) < 4.78 is 47.4. The smallest absolute Gasteiger partial charge is 0.383 e. The van der Waals surface area contributed by atoms with Crippen molar-refractivity contribution in [3.05, 3.63) is 88.9 Å². The normalized spacial score (nSPS) is 17.5. The SMILES string of the molecule is COCCN1CC2=C(C1=O)C(c1ccc(C#N)cc1)n1ccnc1N2c1cccc(C(F)(F)F)c1. The molecule has 3 aromatic rings. The van der Waals surface area contributed by atoms with Crippen LogP contribution in [0.5, 0.6) is 0 Å². The lowest BCUT2D eigenvalue weighted by Gasteiger charge is -2.35. The summed E-state index contributed by atoms with van der Waals surface area (Å²) >= 11 is 0. The van der Waals surface area contributed by atoms with Gasteiger partial charge >= 0.3 is 6.18 Å². The lowest BCUT2D eigenvalue weighted by Crippen LogP contribution is -2.32. The molecule has 1 atom stereocenters. The number of carbonyl (C=O) groups excluding carboxylic acids is 1. The molecule has 5 rings (SSSR count). The minimum atomic E-state index is -4.51. The number of fused-ring (bicyclic) bond motifs is 1. The van der Waals surface area contributed by atoms with Crippen molar-refractivity contribution in [3.63, 3.8) is 0 Å². The van der Waals surface area contributed by atoms with Gasteiger partial charge in [-0.2, -0.15) is 18.4 Å². The molecule has 0 saturated carbocycles. The van der Waals surface area contributed by atoms with E-state index in [1.54, 1.807) is 57.1 Å². The van der Waals surface area contributed by atoms with Crippen molar-refractivity contribution in [1.82, 2.24) is 14.5 Å². The lowest BCUT2D eigenvalue weighted by molar-refractivity contribution is -0.137. The number of nitrogens with zero attached hydrogens (tertiary/aromatic N) is 5. The number of nitriles is 1. The third-order valence-corrected chi connectivity index (χ3v) is 6.19. The van der Waals surface area contributed by atoms with Crippen LogP contribution in [0.3, 0.4) is 0 Å². The van der Waals surface area contributed by atoms with Crippen molar-refractivity contribution in [2.24, 2.45) is 0 Å². The van der Waals surface area contributed by atoms with Gasteiger partial charge in [-0.3, -0.25) is 9.69 Å². The Kier molecular flexibility index (Phi) is 5.57.